The molecule has 0 unspecified atom stereocenters. The zero-order valence-electron chi connectivity index (χ0n) is 13.1. The second-order valence-corrected chi connectivity index (χ2v) is 6.04. The molecule has 1 heterocycles. The summed E-state index contributed by atoms with van der Waals surface area (Å²) in [6, 6.07) is 11.0. The van der Waals surface area contributed by atoms with Crippen LogP contribution < -0.4 is 10.9 Å². The smallest absolute Gasteiger partial charge is 0.359 e. The number of carbonyl (C=O) groups excluding carboxylic acids is 2. The Morgan fingerprint density at radius 3 is 2.58 bits per heavy atom. The number of aromatic nitrogens is 2. The lowest BCUT2D eigenvalue weighted by Gasteiger charge is -2.08. The van der Waals surface area contributed by atoms with Crippen molar-refractivity contribution in [3.8, 4) is 0 Å². The van der Waals surface area contributed by atoms with Gasteiger partial charge in [-0.15, -0.1) is 0 Å². The summed E-state index contributed by atoms with van der Waals surface area (Å²) < 4.78 is 4.97. The monoisotopic (exact) mass is 391 g/mol. The molecular weight excluding hydrogens is 381 g/mol. The third-order valence-electron chi connectivity index (χ3n) is 3.43. The van der Waals surface area contributed by atoms with Crippen LogP contribution in [0.5, 0.6) is 0 Å². The average Bonchev–Trinajstić information content (AvgIpc) is 2.63. The number of H-pyrrole nitrogens is 1. The fourth-order valence-electron chi connectivity index (χ4n) is 2.25. The van der Waals surface area contributed by atoms with E-state index in [4.69, 9.17) is 27.9 Å². The van der Waals surface area contributed by atoms with Gasteiger partial charge in [-0.2, -0.15) is 5.10 Å². The van der Waals surface area contributed by atoms with E-state index in [9.17, 15) is 14.4 Å². The van der Waals surface area contributed by atoms with Gasteiger partial charge >= 0.3 is 5.97 Å². The number of benzene rings is 2. The Morgan fingerprint density at radius 1 is 1.12 bits per heavy atom. The van der Waals surface area contributed by atoms with Gasteiger partial charge < -0.3 is 10.1 Å². The van der Waals surface area contributed by atoms with Crippen molar-refractivity contribution in [1.29, 1.82) is 0 Å². The van der Waals surface area contributed by atoms with Gasteiger partial charge in [0.05, 0.1) is 16.1 Å². The molecule has 9 heteroatoms. The Hall–Kier alpha value is -2.90. The normalized spacial score (nSPS) is 10.5. The summed E-state index contributed by atoms with van der Waals surface area (Å²) in [6.07, 6.45) is 0. The zero-order chi connectivity index (χ0) is 18.7. The summed E-state index contributed by atoms with van der Waals surface area (Å²) in [7, 11) is 0. The van der Waals surface area contributed by atoms with Crippen molar-refractivity contribution in [3.05, 3.63) is 68.6 Å². The lowest BCUT2D eigenvalue weighted by Crippen LogP contribution is -2.22. The zero-order valence-corrected chi connectivity index (χ0v) is 14.6. The van der Waals surface area contributed by atoms with Crippen LogP contribution in [0.4, 0.5) is 5.69 Å². The first kappa shape index (κ1) is 17.9. The minimum absolute atomic E-state index is 0.0856. The molecule has 0 saturated carbocycles. The number of hydrogen-bond acceptors (Lipinski definition) is 5. The third kappa shape index (κ3) is 3.84. The minimum atomic E-state index is -0.838. The summed E-state index contributed by atoms with van der Waals surface area (Å²) in [5.74, 6) is -1.42. The van der Waals surface area contributed by atoms with Crippen LogP contribution in [-0.4, -0.2) is 28.7 Å². The van der Waals surface area contributed by atoms with Crippen molar-refractivity contribution >= 4 is 51.5 Å². The standard InChI is InChI=1S/C17H11Cl2N3O4/c18-9-5-6-13(12(19)7-9)20-14(23)8-26-17(25)15-10-3-1-2-4-11(10)16(24)22-21-15/h1-7H,8H2,(H,20,23)(H,22,24). The second-order valence-electron chi connectivity index (χ2n) is 5.20. The van der Waals surface area contributed by atoms with Gasteiger partial charge in [0.15, 0.2) is 12.3 Å². The lowest BCUT2D eigenvalue weighted by atomic mass is 10.1. The van der Waals surface area contributed by atoms with E-state index in [1.165, 1.54) is 12.1 Å². The van der Waals surface area contributed by atoms with E-state index in [-0.39, 0.29) is 10.7 Å². The Labute approximate surface area is 156 Å². The van der Waals surface area contributed by atoms with E-state index >= 15 is 0 Å². The largest absolute Gasteiger partial charge is 0.451 e. The van der Waals surface area contributed by atoms with Gasteiger partial charge in [-0.3, -0.25) is 9.59 Å². The van der Waals surface area contributed by atoms with E-state index in [0.29, 0.717) is 21.5 Å². The quantitative estimate of drug-likeness (QED) is 0.665. The summed E-state index contributed by atoms with van der Waals surface area (Å²) >= 11 is 11.7. The van der Waals surface area contributed by atoms with Gasteiger partial charge in [0.2, 0.25) is 0 Å². The Kier molecular flexibility index (Phi) is 5.20. The number of esters is 1. The molecule has 0 fully saturated rings. The number of carbonyl (C=O) groups is 2. The van der Waals surface area contributed by atoms with E-state index in [1.54, 1.807) is 30.3 Å². The number of aromatic amines is 1. The molecule has 2 aromatic carbocycles. The van der Waals surface area contributed by atoms with Crippen LogP contribution >= 0.6 is 23.2 Å². The van der Waals surface area contributed by atoms with Crippen molar-refractivity contribution in [2.24, 2.45) is 0 Å². The molecule has 7 nitrogen and oxygen atoms in total. The number of fused-ring (bicyclic) bond motifs is 1. The van der Waals surface area contributed by atoms with Crippen molar-refractivity contribution in [3.63, 3.8) is 0 Å². The topological polar surface area (TPSA) is 101 Å². The molecule has 132 valence electrons. The number of hydrogen-bond donors (Lipinski definition) is 2. The van der Waals surface area contributed by atoms with Crippen LogP contribution in [0.25, 0.3) is 10.8 Å². The van der Waals surface area contributed by atoms with Gasteiger partial charge in [0.25, 0.3) is 11.5 Å². The maximum Gasteiger partial charge on any atom is 0.359 e. The Balaban J connectivity index is 1.70. The molecule has 0 saturated heterocycles. The minimum Gasteiger partial charge on any atom is -0.451 e. The summed E-state index contributed by atoms with van der Waals surface area (Å²) in [6.45, 7) is -0.549. The third-order valence-corrected chi connectivity index (χ3v) is 3.98. The molecule has 0 atom stereocenters. The maximum atomic E-state index is 12.2. The number of nitrogens with one attached hydrogen (secondary N) is 2. The van der Waals surface area contributed by atoms with Crippen LogP contribution in [0.3, 0.4) is 0 Å². The molecule has 0 aliphatic rings. The van der Waals surface area contributed by atoms with Crippen LogP contribution in [-0.2, 0) is 9.53 Å². The van der Waals surface area contributed by atoms with Crippen molar-refractivity contribution in [2.75, 3.05) is 11.9 Å². The average molecular weight is 392 g/mol. The first-order chi connectivity index (χ1) is 12.5. The molecular formula is C17H11Cl2N3O4. The van der Waals surface area contributed by atoms with Crippen molar-refractivity contribution in [1.82, 2.24) is 10.2 Å². The number of nitrogens with zero attached hydrogens (tertiary/aromatic N) is 1. The summed E-state index contributed by atoms with van der Waals surface area (Å²) in [5.41, 5.74) is -0.172. The van der Waals surface area contributed by atoms with Crippen LogP contribution in [0.15, 0.2) is 47.3 Å². The lowest BCUT2D eigenvalue weighted by molar-refractivity contribution is -0.119. The molecule has 0 aliphatic carbocycles. The Morgan fingerprint density at radius 2 is 1.85 bits per heavy atom. The molecule has 2 N–H and O–H groups in total. The Bertz CT molecular complexity index is 1070. The molecule has 0 spiro atoms. The molecule has 1 amide bonds. The molecule has 1 aromatic heterocycles. The van der Waals surface area contributed by atoms with Gasteiger partial charge in [-0.25, -0.2) is 9.89 Å². The van der Waals surface area contributed by atoms with Gasteiger partial charge in [0, 0.05) is 10.4 Å². The molecule has 0 aliphatic heterocycles. The molecule has 0 bridgehead atoms. The maximum absolute atomic E-state index is 12.2. The van der Waals surface area contributed by atoms with Gasteiger partial charge in [0.1, 0.15) is 0 Å². The summed E-state index contributed by atoms with van der Waals surface area (Å²) in [4.78, 5) is 35.9. The predicted octanol–water partition coefficient (Wildman–Crippen LogP) is 3.03. The number of ether oxygens (including phenoxy) is 1. The first-order valence-electron chi connectivity index (χ1n) is 7.35. The molecule has 3 rings (SSSR count). The number of halogens is 2. The highest BCUT2D eigenvalue weighted by Crippen LogP contribution is 2.25. The van der Waals surface area contributed by atoms with Crippen molar-refractivity contribution < 1.29 is 14.3 Å². The number of amides is 1. The van der Waals surface area contributed by atoms with Gasteiger partial charge in [-0.05, 0) is 24.3 Å². The second kappa shape index (κ2) is 7.55. The highest BCUT2D eigenvalue weighted by molar-refractivity contribution is 6.36. The van der Waals surface area contributed by atoms with Crippen LogP contribution in [0, 0.1) is 0 Å². The fraction of sp³-hybridized carbons (Fsp3) is 0.0588. The van der Waals surface area contributed by atoms with E-state index in [0.717, 1.165) is 0 Å². The predicted molar refractivity (Wildman–Crippen MR) is 97.7 cm³/mol. The molecule has 26 heavy (non-hydrogen) atoms. The fourth-order valence-corrected chi connectivity index (χ4v) is 2.70. The van der Waals surface area contributed by atoms with E-state index in [2.05, 4.69) is 15.5 Å². The van der Waals surface area contributed by atoms with Crippen LogP contribution in [0.2, 0.25) is 10.0 Å². The van der Waals surface area contributed by atoms with Crippen LogP contribution in [0.1, 0.15) is 10.5 Å². The van der Waals surface area contributed by atoms with E-state index in [1.807, 2.05) is 0 Å². The molecule has 3 aromatic rings. The SMILES string of the molecule is O=C(COC(=O)c1n[nH]c(=O)c2ccccc12)Nc1ccc(Cl)cc1Cl. The van der Waals surface area contributed by atoms with Gasteiger partial charge in [-0.1, -0.05) is 41.4 Å². The van der Waals surface area contributed by atoms with Crippen molar-refractivity contribution in [2.45, 2.75) is 0 Å². The first-order valence-corrected chi connectivity index (χ1v) is 8.11. The summed E-state index contributed by atoms with van der Waals surface area (Å²) in [5, 5.41) is 9.76. The molecule has 0 radical (unpaired) electrons. The number of rotatable bonds is 4. The van der Waals surface area contributed by atoms with E-state index < -0.39 is 24.0 Å². The number of anilines is 1. The highest BCUT2D eigenvalue weighted by atomic mass is 35.5. The highest BCUT2D eigenvalue weighted by Gasteiger charge is 2.17.